The lowest BCUT2D eigenvalue weighted by Crippen LogP contribution is -2.47. The number of hydrogen-bond acceptors (Lipinski definition) is 5. The molecular formula is C20H36N4O5. The van der Waals surface area contributed by atoms with Crippen LogP contribution < -0.4 is 5.32 Å². The molecule has 0 rings (SSSR count). The smallest absolute Gasteiger partial charge is 0.320 e. The summed E-state index contributed by atoms with van der Waals surface area (Å²) >= 11 is 0. The van der Waals surface area contributed by atoms with Gasteiger partial charge < -0.3 is 15.0 Å². The second kappa shape index (κ2) is 19.2. The molecule has 0 saturated heterocycles. The largest absolute Gasteiger partial charge is 0.480 e. The van der Waals surface area contributed by atoms with Crippen molar-refractivity contribution < 1.29 is 24.6 Å². The van der Waals surface area contributed by atoms with Crippen molar-refractivity contribution in [2.75, 3.05) is 6.54 Å². The summed E-state index contributed by atoms with van der Waals surface area (Å²) in [4.78, 5) is 35.4. The van der Waals surface area contributed by atoms with Crippen molar-refractivity contribution >= 4 is 18.2 Å². The Kier molecular flexibility index (Phi) is 17.8. The van der Waals surface area contributed by atoms with Crippen LogP contribution in [0.1, 0.15) is 89.9 Å². The number of carbonyl (C=O) groups is 3. The van der Waals surface area contributed by atoms with Crippen molar-refractivity contribution in [1.29, 1.82) is 0 Å². The molecule has 9 heteroatoms. The van der Waals surface area contributed by atoms with Crippen LogP contribution in [0.25, 0.3) is 10.4 Å². The van der Waals surface area contributed by atoms with Crippen LogP contribution in [0.5, 0.6) is 0 Å². The summed E-state index contributed by atoms with van der Waals surface area (Å²) in [5, 5.41) is 24.5. The van der Waals surface area contributed by atoms with Crippen LogP contribution in [0.3, 0.4) is 0 Å². The Hall–Kier alpha value is -2.12. The molecule has 0 radical (unpaired) electrons. The average molecular weight is 413 g/mol. The maximum atomic E-state index is 11.4. The molecule has 0 aromatic carbocycles. The van der Waals surface area contributed by atoms with E-state index in [1.54, 1.807) is 0 Å². The van der Waals surface area contributed by atoms with Crippen molar-refractivity contribution in [1.82, 2.24) is 5.32 Å². The van der Waals surface area contributed by atoms with E-state index in [-0.39, 0.29) is 13.0 Å². The van der Waals surface area contributed by atoms with Crippen LogP contribution in [-0.4, -0.2) is 47.1 Å². The first-order chi connectivity index (χ1) is 14.0. The first-order valence-electron chi connectivity index (χ1n) is 10.7. The summed E-state index contributed by atoms with van der Waals surface area (Å²) < 4.78 is 0. The summed E-state index contributed by atoms with van der Waals surface area (Å²) in [6.07, 6.45) is 14.0. The number of carboxylic acid groups (broad SMARTS) is 2. The maximum Gasteiger partial charge on any atom is 0.320 e. The van der Waals surface area contributed by atoms with E-state index < -0.39 is 24.0 Å². The molecule has 2 unspecified atom stereocenters. The van der Waals surface area contributed by atoms with E-state index in [0.717, 1.165) is 44.8 Å². The number of carboxylic acids is 2. The number of unbranched alkanes of at least 4 members (excludes halogenated alkanes) is 11. The Morgan fingerprint density at radius 3 is 1.72 bits per heavy atom. The first kappa shape index (κ1) is 26.9. The molecule has 0 aliphatic carbocycles. The highest BCUT2D eigenvalue weighted by Gasteiger charge is 2.25. The molecule has 166 valence electrons. The molecular weight excluding hydrogens is 376 g/mol. The van der Waals surface area contributed by atoms with E-state index in [2.05, 4.69) is 15.3 Å². The van der Waals surface area contributed by atoms with E-state index >= 15 is 0 Å². The number of nitrogens with one attached hydrogen (secondary N) is 1. The normalized spacial score (nSPS) is 12.7. The zero-order valence-corrected chi connectivity index (χ0v) is 17.3. The van der Waals surface area contributed by atoms with Gasteiger partial charge in [0.2, 0.25) is 0 Å². The van der Waals surface area contributed by atoms with Crippen LogP contribution >= 0.6 is 0 Å². The highest BCUT2D eigenvalue weighted by Crippen LogP contribution is 2.13. The lowest BCUT2D eigenvalue weighted by atomic mass is 10.0. The highest BCUT2D eigenvalue weighted by molar-refractivity contribution is 5.77. The van der Waals surface area contributed by atoms with Crippen LogP contribution in [-0.2, 0) is 14.4 Å². The fourth-order valence-corrected chi connectivity index (χ4v) is 3.20. The molecule has 0 bridgehead atoms. The van der Waals surface area contributed by atoms with Gasteiger partial charge >= 0.3 is 11.9 Å². The van der Waals surface area contributed by atoms with E-state index in [4.69, 9.17) is 5.53 Å². The number of rotatable bonds is 21. The minimum absolute atomic E-state index is 0.00551. The van der Waals surface area contributed by atoms with Gasteiger partial charge in [-0.15, -0.1) is 0 Å². The van der Waals surface area contributed by atoms with Crippen molar-refractivity contribution in [2.24, 2.45) is 5.11 Å². The standard InChI is InChI=1S/C20H36N4O5/c21-24-22-15-14-18(20(28)29)23-17(19(26)27)13-11-9-7-5-3-1-2-4-6-8-10-12-16-25/h16-18,23H,1-15H2,(H,26,27)(H,28,29). The summed E-state index contributed by atoms with van der Waals surface area (Å²) in [5.74, 6) is -2.21. The number of carbonyl (C=O) groups excluding carboxylic acids is 1. The van der Waals surface area contributed by atoms with Gasteiger partial charge in [-0.05, 0) is 24.8 Å². The summed E-state index contributed by atoms with van der Waals surface area (Å²) in [6, 6.07) is -1.96. The third-order valence-corrected chi connectivity index (χ3v) is 4.89. The summed E-state index contributed by atoms with van der Waals surface area (Å²) in [6.45, 7) is 0.00551. The van der Waals surface area contributed by atoms with Gasteiger partial charge in [-0.25, -0.2) is 0 Å². The van der Waals surface area contributed by atoms with Gasteiger partial charge in [0.1, 0.15) is 18.4 Å². The molecule has 0 aromatic heterocycles. The molecule has 0 aromatic rings. The molecule has 0 heterocycles. The molecule has 0 saturated carbocycles. The fourth-order valence-electron chi connectivity index (χ4n) is 3.20. The zero-order valence-electron chi connectivity index (χ0n) is 17.3. The van der Waals surface area contributed by atoms with Gasteiger partial charge in [0.05, 0.1) is 0 Å². The molecule has 29 heavy (non-hydrogen) atoms. The van der Waals surface area contributed by atoms with Gasteiger partial charge in [0.15, 0.2) is 0 Å². The molecule has 3 N–H and O–H groups in total. The third kappa shape index (κ3) is 16.5. The van der Waals surface area contributed by atoms with E-state index in [1.807, 2.05) is 0 Å². The quantitative estimate of drug-likeness (QED) is 0.0832. The van der Waals surface area contributed by atoms with Crippen LogP contribution in [0.15, 0.2) is 5.11 Å². The van der Waals surface area contributed by atoms with Crippen LogP contribution in [0.4, 0.5) is 0 Å². The molecule has 0 amide bonds. The van der Waals surface area contributed by atoms with E-state index in [9.17, 15) is 24.6 Å². The topological polar surface area (TPSA) is 152 Å². The number of hydrogen-bond donors (Lipinski definition) is 3. The van der Waals surface area contributed by atoms with Gasteiger partial charge in [0.25, 0.3) is 0 Å². The van der Waals surface area contributed by atoms with Gasteiger partial charge in [-0.2, -0.15) is 0 Å². The fraction of sp³-hybridized carbons (Fsp3) is 0.850. The zero-order chi connectivity index (χ0) is 21.7. The Labute approximate surface area is 172 Å². The number of nitrogens with zero attached hydrogens (tertiary/aromatic N) is 3. The Morgan fingerprint density at radius 2 is 1.28 bits per heavy atom. The van der Waals surface area contributed by atoms with Crippen molar-refractivity contribution in [3.8, 4) is 0 Å². The number of aliphatic carboxylic acids is 2. The predicted molar refractivity (Wildman–Crippen MR) is 111 cm³/mol. The summed E-state index contributed by atoms with van der Waals surface area (Å²) in [5.41, 5.74) is 8.26. The van der Waals surface area contributed by atoms with Crippen molar-refractivity contribution in [2.45, 2.75) is 102 Å². The molecule has 0 aliphatic rings. The van der Waals surface area contributed by atoms with E-state index in [1.165, 1.54) is 32.1 Å². The van der Waals surface area contributed by atoms with Crippen LogP contribution in [0, 0.1) is 0 Å². The average Bonchev–Trinajstić information content (AvgIpc) is 2.69. The van der Waals surface area contributed by atoms with Gasteiger partial charge in [-0.1, -0.05) is 69.3 Å². The molecule has 0 fully saturated rings. The second-order valence-corrected chi connectivity index (χ2v) is 7.32. The Balaban J connectivity index is 3.83. The van der Waals surface area contributed by atoms with Crippen LogP contribution in [0.2, 0.25) is 0 Å². The Bertz CT molecular complexity index is 509. The predicted octanol–water partition coefficient (Wildman–Crippen LogP) is 4.45. The first-order valence-corrected chi connectivity index (χ1v) is 10.7. The highest BCUT2D eigenvalue weighted by atomic mass is 16.4. The van der Waals surface area contributed by atoms with Gasteiger partial charge in [0, 0.05) is 17.9 Å². The number of aldehydes is 1. The lowest BCUT2D eigenvalue weighted by molar-refractivity contribution is -0.142. The summed E-state index contributed by atoms with van der Waals surface area (Å²) in [7, 11) is 0. The number of azide groups is 1. The maximum absolute atomic E-state index is 11.4. The molecule has 0 spiro atoms. The molecule has 0 aliphatic heterocycles. The molecule has 9 nitrogen and oxygen atoms in total. The van der Waals surface area contributed by atoms with Crippen molar-refractivity contribution in [3.63, 3.8) is 0 Å². The van der Waals surface area contributed by atoms with E-state index in [0.29, 0.717) is 12.8 Å². The lowest BCUT2D eigenvalue weighted by Gasteiger charge is -2.19. The molecule has 2 atom stereocenters. The third-order valence-electron chi connectivity index (χ3n) is 4.89. The monoisotopic (exact) mass is 412 g/mol. The van der Waals surface area contributed by atoms with Gasteiger partial charge in [-0.3, -0.25) is 14.9 Å². The van der Waals surface area contributed by atoms with Crippen molar-refractivity contribution in [3.05, 3.63) is 10.4 Å². The minimum atomic E-state index is -1.15. The Morgan fingerprint density at radius 1 is 0.828 bits per heavy atom. The second-order valence-electron chi connectivity index (χ2n) is 7.32. The minimum Gasteiger partial charge on any atom is -0.480 e. The SMILES string of the molecule is [N-]=[N+]=NCCC(NC(CCCCCCCCCCCCCC=O)C(=O)O)C(=O)O.